The number of carbonyl (C=O) groups is 2. The number of aliphatic hydroxyl groups excluding tert-OH is 2. The Balaban J connectivity index is 1.88. The third-order valence-corrected chi connectivity index (χ3v) is 7.88. The van der Waals surface area contributed by atoms with Crippen molar-refractivity contribution in [1.82, 2.24) is 10.2 Å². The molecule has 0 spiro atoms. The number of nitrogens with one attached hydrogen (secondary N) is 2. The SMILES string of the molecule is COc1c(CNCC(C)C)cc(O)c2c1C[C@H]1C[C@H]3[C@H](N(C)C)C(O)=C(C(N)=O)C(=N)[C@@]3(O)C(O)=C1C2=O. The average Bonchev–Trinajstić information content (AvgIpc) is 2.80. The summed E-state index contributed by atoms with van der Waals surface area (Å²) in [4.78, 5) is 27.5. The number of hydrogen-bond acceptors (Lipinski definition) is 10. The molecular weight excluding hydrogens is 492 g/mol. The largest absolute Gasteiger partial charge is 0.510 e. The van der Waals surface area contributed by atoms with E-state index in [0.717, 1.165) is 6.54 Å². The Morgan fingerprint density at radius 3 is 2.53 bits per heavy atom. The number of primary amides is 1. The lowest BCUT2D eigenvalue weighted by atomic mass is 9.58. The standard InChI is InChI=1S/C27H36N4O7/c1-11(2)9-30-10-13-8-16(32)18-14(23(13)38-5)6-12-7-15-20(31(3)4)22(34)19(26(29)36)24(28)27(15,37)25(35)17(12)21(18)33/h8,11-12,15,20,28,30,32,34-35,37H,6-7,9-10H2,1-5H3,(H2,29,36)/t12-,15-,20-,27+/m0/s1. The number of rotatable bonds is 7. The summed E-state index contributed by atoms with van der Waals surface area (Å²) < 4.78 is 5.70. The van der Waals surface area contributed by atoms with Crippen LogP contribution in [0.2, 0.25) is 0 Å². The number of phenolic OH excluding ortho intramolecular Hbond substituents is 1. The minimum Gasteiger partial charge on any atom is -0.510 e. The van der Waals surface area contributed by atoms with Crippen molar-refractivity contribution >= 4 is 17.4 Å². The van der Waals surface area contributed by atoms with Crippen LogP contribution in [0.1, 0.15) is 41.8 Å². The van der Waals surface area contributed by atoms with Gasteiger partial charge in [0, 0.05) is 29.2 Å². The van der Waals surface area contributed by atoms with Crippen molar-refractivity contribution in [3.05, 3.63) is 45.4 Å². The lowest BCUT2D eigenvalue weighted by molar-refractivity contribution is -0.114. The molecule has 0 aromatic heterocycles. The Morgan fingerprint density at radius 2 is 1.97 bits per heavy atom. The molecule has 11 heteroatoms. The molecule has 3 aliphatic carbocycles. The summed E-state index contributed by atoms with van der Waals surface area (Å²) >= 11 is 0. The summed E-state index contributed by atoms with van der Waals surface area (Å²) in [6.45, 7) is 5.30. The first-order valence-corrected chi connectivity index (χ1v) is 12.6. The van der Waals surface area contributed by atoms with Crippen LogP contribution in [0, 0.1) is 23.2 Å². The van der Waals surface area contributed by atoms with E-state index in [-0.39, 0.29) is 29.7 Å². The minimum absolute atomic E-state index is 0.0330. The zero-order chi connectivity index (χ0) is 28.3. The van der Waals surface area contributed by atoms with Crippen LogP contribution in [-0.4, -0.2) is 82.1 Å². The number of fused-ring (bicyclic) bond motifs is 3. The Labute approximate surface area is 221 Å². The lowest BCUT2D eigenvalue weighted by Crippen LogP contribution is -2.63. The molecule has 0 saturated carbocycles. The molecule has 0 heterocycles. The second-order valence-corrected chi connectivity index (χ2v) is 11.0. The summed E-state index contributed by atoms with van der Waals surface area (Å²) in [6.07, 6.45) is 0.310. The second-order valence-electron chi connectivity index (χ2n) is 11.0. The molecule has 11 nitrogen and oxygen atoms in total. The van der Waals surface area contributed by atoms with Crippen LogP contribution in [-0.2, 0) is 17.8 Å². The molecule has 4 rings (SSSR count). The maximum Gasteiger partial charge on any atom is 0.254 e. The first-order chi connectivity index (χ1) is 17.8. The topological polar surface area (TPSA) is 189 Å². The van der Waals surface area contributed by atoms with Gasteiger partial charge in [-0.3, -0.25) is 14.5 Å². The molecule has 0 aliphatic heterocycles. The number of carbonyl (C=O) groups excluding carboxylic acids is 2. The van der Waals surface area contributed by atoms with Crippen molar-refractivity contribution in [2.75, 3.05) is 27.7 Å². The Morgan fingerprint density at radius 1 is 1.32 bits per heavy atom. The minimum atomic E-state index is -2.44. The van der Waals surface area contributed by atoms with E-state index in [0.29, 0.717) is 29.3 Å². The summed E-state index contributed by atoms with van der Waals surface area (Å²) in [5.41, 5.74) is 2.64. The first kappa shape index (κ1) is 27.6. The number of benzene rings is 1. The fraction of sp³-hybridized carbons (Fsp3) is 0.519. The van der Waals surface area contributed by atoms with Crippen LogP contribution in [0.3, 0.4) is 0 Å². The molecule has 0 fully saturated rings. The van der Waals surface area contributed by atoms with Gasteiger partial charge in [0.1, 0.15) is 28.6 Å². The molecule has 0 bridgehead atoms. The van der Waals surface area contributed by atoms with Gasteiger partial charge in [0.2, 0.25) is 0 Å². The average molecular weight is 529 g/mol. The smallest absolute Gasteiger partial charge is 0.254 e. The summed E-state index contributed by atoms with van der Waals surface area (Å²) in [5, 5.41) is 56.9. The maximum absolute atomic E-state index is 13.8. The van der Waals surface area contributed by atoms with E-state index in [4.69, 9.17) is 15.9 Å². The van der Waals surface area contributed by atoms with Crippen molar-refractivity contribution in [3.8, 4) is 11.5 Å². The predicted octanol–water partition coefficient (Wildman–Crippen LogP) is 1.33. The summed E-state index contributed by atoms with van der Waals surface area (Å²) in [5.74, 6) is -4.03. The van der Waals surface area contributed by atoms with Crippen LogP contribution < -0.4 is 15.8 Å². The summed E-state index contributed by atoms with van der Waals surface area (Å²) in [6, 6.07) is 0.497. The number of nitrogens with zero attached hydrogens (tertiary/aromatic N) is 1. The number of methoxy groups -OCH3 is 1. The monoisotopic (exact) mass is 528 g/mol. The molecule has 1 aromatic carbocycles. The zero-order valence-electron chi connectivity index (χ0n) is 22.3. The highest BCUT2D eigenvalue weighted by atomic mass is 16.5. The number of nitrogens with two attached hydrogens (primary N) is 1. The Bertz CT molecular complexity index is 1280. The fourth-order valence-electron chi connectivity index (χ4n) is 6.29. The highest BCUT2D eigenvalue weighted by Gasteiger charge is 2.61. The number of likely N-dealkylation sites (N-methyl/N-ethyl adjacent to an activating group) is 1. The van der Waals surface area contributed by atoms with Gasteiger partial charge in [0.15, 0.2) is 11.4 Å². The molecule has 0 radical (unpaired) electrons. The number of ether oxygens (including phenoxy) is 1. The number of hydrogen-bond donors (Lipinski definition) is 7. The fourth-order valence-corrected chi connectivity index (χ4v) is 6.29. The number of Topliss-reactive ketones (excluding diaryl/α,β-unsaturated/α-hetero) is 1. The normalized spacial score (nSPS) is 27.0. The van der Waals surface area contributed by atoms with Gasteiger partial charge in [-0.2, -0.15) is 0 Å². The van der Waals surface area contributed by atoms with E-state index in [1.54, 1.807) is 19.0 Å². The van der Waals surface area contributed by atoms with Gasteiger partial charge in [-0.25, -0.2) is 0 Å². The van der Waals surface area contributed by atoms with E-state index in [9.17, 15) is 30.0 Å². The Kier molecular flexibility index (Phi) is 7.06. The lowest BCUT2D eigenvalue weighted by Gasteiger charge is -2.51. The van der Waals surface area contributed by atoms with Gasteiger partial charge in [-0.05, 0) is 51.4 Å². The number of aliphatic hydroxyl groups is 3. The van der Waals surface area contributed by atoms with E-state index >= 15 is 0 Å². The molecule has 1 amide bonds. The molecule has 3 aliphatic rings. The van der Waals surface area contributed by atoms with Crippen LogP contribution in [0.25, 0.3) is 0 Å². The molecule has 0 saturated heterocycles. The molecule has 4 atom stereocenters. The van der Waals surface area contributed by atoms with Gasteiger partial charge in [0.05, 0.1) is 24.4 Å². The number of aromatic hydroxyl groups is 1. The molecule has 0 unspecified atom stereocenters. The van der Waals surface area contributed by atoms with Crippen LogP contribution in [0.5, 0.6) is 11.5 Å². The van der Waals surface area contributed by atoms with Gasteiger partial charge >= 0.3 is 0 Å². The van der Waals surface area contributed by atoms with Gasteiger partial charge in [0.25, 0.3) is 5.91 Å². The van der Waals surface area contributed by atoms with Crippen molar-refractivity contribution in [1.29, 1.82) is 5.41 Å². The molecular formula is C27H36N4O7. The first-order valence-electron chi connectivity index (χ1n) is 12.6. The van der Waals surface area contributed by atoms with Crippen molar-refractivity contribution in [2.24, 2.45) is 23.5 Å². The van der Waals surface area contributed by atoms with Gasteiger partial charge < -0.3 is 41.6 Å². The van der Waals surface area contributed by atoms with Crippen molar-refractivity contribution < 1.29 is 34.8 Å². The zero-order valence-corrected chi connectivity index (χ0v) is 22.3. The number of allylic oxidation sites excluding steroid dienone is 1. The van der Waals surface area contributed by atoms with Crippen molar-refractivity contribution in [2.45, 2.75) is 44.9 Å². The highest BCUT2D eigenvalue weighted by molar-refractivity contribution is 6.26. The van der Waals surface area contributed by atoms with Crippen LogP contribution >= 0.6 is 0 Å². The Hall–Kier alpha value is -3.41. The van der Waals surface area contributed by atoms with E-state index < -0.39 is 58.0 Å². The highest BCUT2D eigenvalue weighted by Crippen LogP contribution is 2.53. The molecule has 38 heavy (non-hydrogen) atoms. The summed E-state index contributed by atoms with van der Waals surface area (Å²) in [7, 11) is 4.75. The molecule has 8 N–H and O–H groups in total. The third-order valence-electron chi connectivity index (χ3n) is 7.88. The quantitative estimate of drug-likeness (QED) is 0.274. The van der Waals surface area contributed by atoms with E-state index in [2.05, 4.69) is 19.2 Å². The van der Waals surface area contributed by atoms with E-state index in [1.807, 2.05) is 0 Å². The van der Waals surface area contributed by atoms with Crippen LogP contribution in [0.15, 0.2) is 28.7 Å². The van der Waals surface area contributed by atoms with Crippen LogP contribution in [0.4, 0.5) is 0 Å². The maximum atomic E-state index is 13.8. The molecule has 1 aromatic rings. The van der Waals surface area contributed by atoms with E-state index in [1.165, 1.54) is 13.2 Å². The van der Waals surface area contributed by atoms with Gasteiger partial charge in [-0.15, -0.1) is 0 Å². The number of phenols is 1. The number of ketones is 1. The molecule has 206 valence electrons. The van der Waals surface area contributed by atoms with Gasteiger partial charge in [-0.1, -0.05) is 13.8 Å². The van der Waals surface area contributed by atoms with Crippen molar-refractivity contribution in [3.63, 3.8) is 0 Å². The number of amides is 1. The third kappa shape index (κ3) is 3.96. The predicted molar refractivity (Wildman–Crippen MR) is 139 cm³/mol. The second kappa shape index (κ2) is 9.72.